The highest BCUT2D eigenvalue weighted by atomic mass is 19.1. The van der Waals surface area contributed by atoms with Crippen LogP contribution in [0.3, 0.4) is 0 Å². The average Bonchev–Trinajstić information content (AvgIpc) is 2.90. The van der Waals surface area contributed by atoms with Gasteiger partial charge in [-0.25, -0.2) is 9.37 Å². The summed E-state index contributed by atoms with van der Waals surface area (Å²) in [6.07, 6.45) is 5.22. The third-order valence-corrected chi connectivity index (χ3v) is 2.68. The van der Waals surface area contributed by atoms with Gasteiger partial charge in [0.2, 0.25) is 0 Å². The minimum atomic E-state index is -0.250. The number of hydrogen-bond donors (Lipinski definition) is 1. The molecule has 0 saturated carbocycles. The molecule has 3 nitrogen and oxygen atoms in total. The minimum Gasteiger partial charge on any atom is -0.338 e. The molecule has 4 heteroatoms. The van der Waals surface area contributed by atoms with Gasteiger partial charge in [0.05, 0.1) is 11.9 Å². The number of halogens is 1. The number of rotatable bonds is 2. The van der Waals surface area contributed by atoms with Crippen LogP contribution in [0.25, 0.3) is 22.6 Å². The lowest BCUT2D eigenvalue weighted by molar-refractivity contribution is 0.628. The first-order chi connectivity index (χ1) is 8.83. The van der Waals surface area contributed by atoms with Crippen LogP contribution in [0.4, 0.5) is 4.39 Å². The molecule has 2 aromatic heterocycles. The molecule has 2 heterocycles. The summed E-state index contributed by atoms with van der Waals surface area (Å²) < 4.78 is 12.8. The van der Waals surface area contributed by atoms with Crippen LogP contribution < -0.4 is 0 Å². The minimum absolute atomic E-state index is 0.250. The van der Waals surface area contributed by atoms with Crippen molar-refractivity contribution in [3.05, 3.63) is 60.8 Å². The lowest BCUT2D eigenvalue weighted by Crippen LogP contribution is -1.82. The van der Waals surface area contributed by atoms with E-state index in [1.807, 2.05) is 12.1 Å². The molecule has 0 aliphatic carbocycles. The molecule has 0 aliphatic heterocycles. The van der Waals surface area contributed by atoms with Crippen LogP contribution in [0.15, 0.2) is 55.0 Å². The van der Waals surface area contributed by atoms with Crippen molar-refractivity contribution in [1.82, 2.24) is 15.0 Å². The third kappa shape index (κ3) is 2.00. The Morgan fingerprint density at radius 2 is 1.61 bits per heavy atom. The third-order valence-electron chi connectivity index (χ3n) is 2.68. The maximum atomic E-state index is 12.8. The number of aromatic amines is 1. The van der Waals surface area contributed by atoms with E-state index in [0.29, 0.717) is 0 Å². The highest BCUT2D eigenvalue weighted by molar-refractivity contribution is 5.63. The molecule has 18 heavy (non-hydrogen) atoms. The maximum Gasteiger partial charge on any atom is 0.137 e. The number of imidazole rings is 1. The fourth-order valence-electron chi connectivity index (χ4n) is 1.75. The van der Waals surface area contributed by atoms with Gasteiger partial charge in [-0.15, -0.1) is 0 Å². The largest absolute Gasteiger partial charge is 0.338 e. The zero-order valence-electron chi connectivity index (χ0n) is 9.47. The highest BCUT2D eigenvalue weighted by Crippen LogP contribution is 2.21. The van der Waals surface area contributed by atoms with E-state index in [1.54, 1.807) is 30.7 Å². The Morgan fingerprint density at radius 3 is 2.33 bits per heavy atom. The van der Waals surface area contributed by atoms with Crippen molar-refractivity contribution in [1.29, 1.82) is 0 Å². The molecule has 0 amide bonds. The second-order valence-electron chi connectivity index (χ2n) is 3.89. The van der Waals surface area contributed by atoms with Crippen LogP contribution in [0.1, 0.15) is 0 Å². The molecule has 1 N–H and O–H groups in total. The van der Waals surface area contributed by atoms with Gasteiger partial charge in [0.15, 0.2) is 0 Å². The van der Waals surface area contributed by atoms with Gasteiger partial charge in [-0.05, 0) is 36.4 Å². The zero-order valence-corrected chi connectivity index (χ0v) is 9.47. The van der Waals surface area contributed by atoms with E-state index >= 15 is 0 Å². The van der Waals surface area contributed by atoms with Gasteiger partial charge < -0.3 is 4.98 Å². The fraction of sp³-hybridized carbons (Fsp3) is 0. The Balaban J connectivity index is 1.97. The smallest absolute Gasteiger partial charge is 0.137 e. The molecule has 0 radical (unpaired) electrons. The predicted octanol–water partition coefficient (Wildman–Crippen LogP) is 3.28. The first-order valence-electron chi connectivity index (χ1n) is 5.54. The quantitative estimate of drug-likeness (QED) is 0.745. The van der Waals surface area contributed by atoms with Gasteiger partial charge in [-0.1, -0.05) is 0 Å². The normalized spacial score (nSPS) is 10.5. The summed E-state index contributed by atoms with van der Waals surface area (Å²) in [5.74, 6) is 0.474. The molecule has 0 saturated heterocycles. The Morgan fingerprint density at radius 1 is 0.889 bits per heavy atom. The van der Waals surface area contributed by atoms with E-state index < -0.39 is 0 Å². The van der Waals surface area contributed by atoms with Gasteiger partial charge in [-0.3, -0.25) is 4.98 Å². The lowest BCUT2D eigenvalue weighted by atomic mass is 10.2. The second-order valence-corrected chi connectivity index (χ2v) is 3.89. The van der Waals surface area contributed by atoms with Crippen LogP contribution in [-0.4, -0.2) is 15.0 Å². The fourth-order valence-corrected chi connectivity index (χ4v) is 1.75. The number of hydrogen-bond acceptors (Lipinski definition) is 2. The number of aromatic nitrogens is 3. The summed E-state index contributed by atoms with van der Waals surface area (Å²) in [5.41, 5.74) is 2.79. The molecular formula is C14H10FN3. The van der Waals surface area contributed by atoms with Crippen molar-refractivity contribution >= 4 is 0 Å². The number of benzene rings is 1. The molecule has 0 fully saturated rings. The lowest BCUT2D eigenvalue weighted by Gasteiger charge is -1.97. The van der Waals surface area contributed by atoms with E-state index in [-0.39, 0.29) is 5.82 Å². The van der Waals surface area contributed by atoms with Gasteiger partial charge in [0.1, 0.15) is 11.6 Å². The van der Waals surface area contributed by atoms with E-state index in [4.69, 9.17) is 0 Å². The molecule has 3 aromatic rings. The molecular weight excluding hydrogens is 229 g/mol. The van der Waals surface area contributed by atoms with Crippen LogP contribution in [0.5, 0.6) is 0 Å². The van der Waals surface area contributed by atoms with E-state index in [2.05, 4.69) is 15.0 Å². The predicted molar refractivity (Wildman–Crippen MR) is 67.2 cm³/mol. The van der Waals surface area contributed by atoms with Crippen LogP contribution in [0.2, 0.25) is 0 Å². The summed E-state index contributed by atoms with van der Waals surface area (Å²) in [6.45, 7) is 0. The van der Waals surface area contributed by atoms with Crippen molar-refractivity contribution in [3.63, 3.8) is 0 Å². The summed E-state index contributed by atoms with van der Waals surface area (Å²) in [6, 6.07) is 10.0. The Labute approximate surface area is 103 Å². The number of pyridine rings is 1. The Kier molecular flexibility index (Phi) is 2.61. The highest BCUT2D eigenvalue weighted by Gasteiger charge is 2.05. The molecule has 88 valence electrons. The van der Waals surface area contributed by atoms with Crippen molar-refractivity contribution in [2.24, 2.45) is 0 Å². The van der Waals surface area contributed by atoms with Crippen LogP contribution in [0, 0.1) is 5.82 Å². The topological polar surface area (TPSA) is 41.6 Å². The van der Waals surface area contributed by atoms with Crippen LogP contribution in [-0.2, 0) is 0 Å². The Bertz CT molecular complexity index is 644. The second kappa shape index (κ2) is 4.41. The molecule has 0 aliphatic rings. The molecule has 0 spiro atoms. The Hall–Kier alpha value is -2.49. The van der Waals surface area contributed by atoms with Gasteiger partial charge >= 0.3 is 0 Å². The molecule has 1 aromatic carbocycles. The van der Waals surface area contributed by atoms with E-state index in [0.717, 1.165) is 22.6 Å². The summed E-state index contributed by atoms with van der Waals surface area (Å²) in [7, 11) is 0. The standard InChI is InChI=1S/C14H10FN3/c15-12-3-1-11(2-4-12)14-17-9-13(18-14)10-5-7-16-8-6-10/h1-9H,(H,17,18). The zero-order chi connectivity index (χ0) is 12.4. The summed E-state index contributed by atoms with van der Waals surface area (Å²) in [5, 5.41) is 0. The molecule has 3 rings (SSSR count). The van der Waals surface area contributed by atoms with E-state index in [1.165, 1.54) is 12.1 Å². The van der Waals surface area contributed by atoms with Gasteiger partial charge in [0, 0.05) is 23.5 Å². The molecule has 0 atom stereocenters. The number of nitrogens with one attached hydrogen (secondary N) is 1. The number of nitrogens with zero attached hydrogens (tertiary/aromatic N) is 2. The molecule has 0 unspecified atom stereocenters. The van der Waals surface area contributed by atoms with Crippen molar-refractivity contribution in [2.75, 3.05) is 0 Å². The summed E-state index contributed by atoms with van der Waals surface area (Å²) in [4.78, 5) is 11.5. The SMILES string of the molecule is Fc1ccc(-c2ncc(-c3ccncc3)[nH]2)cc1. The van der Waals surface area contributed by atoms with E-state index in [9.17, 15) is 4.39 Å². The van der Waals surface area contributed by atoms with Crippen LogP contribution >= 0.6 is 0 Å². The maximum absolute atomic E-state index is 12.8. The molecule has 0 bridgehead atoms. The average molecular weight is 239 g/mol. The van der Waals surface area contributed by atoms with Crippen molar-refractivity contribution < 1.29 is 4.39 Å². The monoisotopic (exact) mass is 239 g/mol. The summed E-state index contributed by atoms with van der Waals surface area (Å²) >= 11 is 0. The van der Waals surface area contributed by atoms with Gasteiger partial charge in [-0.2, -0.15) is 0 Å². The number of H-pyrrole nitrogens is 1. The first-order valence-corrected chi connectivity index (χ1v) is 5.54. The van der Waals surface area contributed by atoms with Crippen molar-refractivity contribution in [2.45, 2.75) is 0 Å². The van der Waals surface area contributed by atoms with Gasteiger partial charge in [0.25, 0.3) is 0 Å². The first kappa shape index (κ1) is 10.7. The van der Waals surface area contributed by atoms with Crippen molar-refractivity contribution in [3.8, 4) is 22.6 Å².